The lowest BCUT2D eigenvalue weighted by molar-refractivity contribution is -0.138. The SMILES string of the molecule is C=CCN(CC(=O)O)CC(=O)NC(C)CCC. The molecule has 0 spiro atoms. The first-order valence-corrected chi connectivity index (χ1v) is 5.84. The quantitative estimate of drug-likeness (QED) is 0.588. The van der Waals surface area contributed by atoms with E-state index in [2.05, 4.69) is 18.8 Å². The van der Waals surface area contributed by atoms with Gasteiger partial charge < -0.3 is 10.4 Å². The molecule has 0 aromatic carbocycles. The van der Waals surface area contributed by atoms with Crippen LogP contribution in [0.4, 0.5) is 0 Å². The standard InChI is InChI=1S/C12H22N2O3/c1-4-6-10(3)13-11(15)8-14(7-5-2)9-12(16)17/h5,10H,2,4,6-9H2,1,3H3,(H,13,15)(H,16,17). The minimum atomic E-state index is -0.943. The third-order valence-corrected chi connectivity index (χ3v) is 2.24. The maximum absolute atomic E-state index is 11.6. The van der Waals surface area contributed by atoms with Gasteiger partial charge in [0.2, 0.25) is 5.91 Å². The van der Waals surface area contributed by atoms with E-state index < -0.39 is 5.97 Å². The predicted molar refractivity (Wildman–Crippen MR) is 66.8 cm³/mol. The van der Waals surface area contributed by atoms with Crippen molar-refractivity contribution in [3.63, 3.8) is 0 Å². The Morgan fingerprint density at radius 3 is 2.59 bits per heavy atom. The highest BCUT2D eigenvalue weighted by Crippen LogP contribution is 1.95. The van der Waals surface area contributed by atoms with E-state index in [0.717, 1.165) is 12.8 Å². The lowest BCUT2D eigenvalue weighted by atomic mass is 10.2. The number of amides is 1. The predicted octanol–water partition coefficient (Wildman–Crippen LogP) is 0.864. The summed E-state index contributed by atoms with van der Waals surface area (Å²) >= 11 is 0. The number of nitrogens with zero attached hydrogens (tertiary/aromatic N) is 1. The van der Waals surface area contributed by atoms with E-state index in [1.54, 1.807) is 6.08 Å². The van der Waals surface area contributed by atoms with Crippen LogP contribution >= 0.6 is 0 Å². The van der Waals surface area contributed by atoms with Crippen LogP contribution in [-0.4, -0.2) is 47.6 Å². The summed E-state index contributed by atoms with van der Waals surface area (Å²) in [6.07, 6.45) is 3.52. The third-order valence-electron chi connectivity index (χ3n) is 2.24. The second kappa shape index (κ2) is 8.75. The fraction of sp³-hybridized carbons (Fsp3) is 0.667. The van der Waals surface area contributed by atoms with Crippen LogP contribution in [0.2, 0.25) is 0 Å². The maximum atomic E-state index is 11.6. The van der Waals surface area contributed by atoms with E-state index >= 15 is 0 Å². The summed E-state index contributed by atoms with van der Waals surface area (Å²) in [5.74, 6) is -1.09. The monoisotopic (exact) mass is 242 g/mol. The molecule has 0 fully saturated rings. The van der Waals surface area contributed by atoms with Gasteiger partial charge in [-0.1, -0.05) is 19.4 Å². The molecular weight excluding hydrogens is 220 g/mol. The molecule has 5 nitrogen and oxygen atoms in total. The van der Waals surface area contributed by atoms with Crippen LogP contribution in [0.5, 0.6) is 0 Å². The number of carboxylic acid groups (broad SMARTS) is 1. The Kier molecular flexibility index (Phi) is 8.05. The van der Waals surface area contributed by atoms with Gasteiger partial charge in [-0.2, -0.15) is 0 Å². The molecule has 0 heterocycles. The van der Waals surface area contributed by atoms with Crippen molar-refractivity contribution in [1.82, 2.24) is 10.2 Å². The van der Waals surface area contributed by atoms with E-state index in [1.807, 2.05) is 6.92 Å². The first-order valence-electron chi connectivity index (χ1n) is 5.84. The summed E-state index contributed by atoms with van der Waals surface area (Å²) in [5, 5.41) is 11.5. The molecule has 0 aromatic rings. The summed E-state index contributed by atoms with van der Waals surface area (Å²) in [6, 6.07) is 0.128. The van der Waals surface area contributed by atoms with Gasteiger partial charge >= 0.3 is 5.97 Å². The fourth-order valence-electron chi connectivity index (χ4n) is 1.59. The minimum absolute atomic E-state index is 0.0897. The number of rotatable bonds is 9. The van der Waals surface area contributed by atoms with Crippen LogP contribution < -0.4 is 5.32 Å². The van der Waals surface area contributed by atoms with Crippen molar-refractivity contribution in [3.05, 3.63) is 12.7 Å². The van der Waals surface area contributed by atoms with Crippen molar-refractivity contribution in [2.45, 2.75) is 32.7 Å². The van der Waals surface area contributed by atoms with Crippen molar-refractivity contribution in [3.8, 4) is 0 Å². The molecule has 1 atom stereocenters. The molecule has 0 aliphatic heterocycles. The molecule has 0 aliphatic rings. The van der Waals surface area contributed by atoms with Crippen LogP contribution in [0.15, 0.2) is 12.7 Å². The van der Waals surface area contributed by atoms with Gasteiger partial charge in [0.25, 0.3) is 0 Å². The number of hydrogen-bond donors (Lipinski definition) is 2. The molecule has 0 bridgehead atoms. The molecule has 1 unspecified atom stereocenters. The molecule has 5 heteroatoms. The molecule has 0 rings (SSSR count). The van der Waals surface area contributed by atoms with Gasteiger partial charge in [-0.05, 0) is 13.3 Å². The topological polar surface area (TPSA) is 69.6 Å². The average Bonchev–Trinajstić information content (AvgIpc) is 2.16. The van der Waals surface area contributed by atoms with Crippen LogP contribution in [0.25, 0.3) is 0 Å². The number of carbonyl (C=O) groups excluding carboxylic acids is 1. The first kappa shape index (κ1) is 15.6. The Balaban J connectivity index is 4.10. The molecule has 0 aromatic heterocycles. The summed E-state index contributed by atoms with van der Waals surface area (Å²) in [5.41, 5.74) is 0. The number of carboxylic acids is 1. The third kappa shape index (κ3) is 8.45. The molecule has 0 aliphatic carbocycles. The molecule has 2 N–H and O–H groups in total. The van der Waals surface area contributed by atoms with Crippen LogP contribution in [-0.2, 0) is 9.59 Å². The Labute approximate surface area is 102 Å². The van der Waals surface area contributed by atoms with Gasteiger partial charge in [0.1, 0.15) is 0 Å². The Hall–Kier alpha value is -1.36. The zero-order valence-electron chi connectivity index (χ0n) is 10.6. The normalized spacial score (nSPS) is 12.2. The molecule has 17 heavy (non-hydrogen) atoms. The number of carbonyl (C=O) groups is 2. The molecule has 98 valence electrons. The summed E-state index contributed by atoms with van der Waals surface area (Å²) in [4.78, 5) is 23.7. The van der Waals surface area contributed by atoms with Crippen molar-refractivity contribution < 1.29 is 14.7 Å². The summed E-state index contributed by atoms with van der Waals surface area (Å²) in [7, 11) is 0. The average molecular weight is 242 g/mol. The first-order chi connectivity index (χ1) is 7.99. The van der Waals surface area contributed by atoms with Crippen molar-refractivity contribution >= 4 is 11.9 Å². The largest absolute Gasteiger partial charge is 0.480 e. The van der Waals surface area contributed by atoms with Gasteiger partial charge in [-0.15, -0.1) is 6.58 Å². The maximum Gasteiger partial charge on any atom is 0.317 e. The Morgan fingerprint density at radius 1 is 1.47 bits per heavy atom. The minimum Gasteiger partial charge on any atom is -0.480 e. The van der Waals surface area contributed by atoms with Crippen molar-refractivity contribution in [1.29, 1.82) is 0 Å². The second-order valence-electron chi connectivity index (χ2n) is 4.11. The fourth-order valence-corrected chi connectivity index (χ4v) is 1.59. The number of nitrogens with one attached hydrogen (secondary N) is 1. The highest BCUT2D eigenvalue weighted by Gasteiger charge is 2.13. The van der Waals surface area contributed by atoms with Gasteiger partial charge in [-0.25, -0.2) is 0 Å². The van der Waals surface area contributed by atoms with E-state index in [4.69, 9.17) is 5.11 Å². The molecule has 1 amide bonds. The second-order valence-corrected chi connectivity index (χ2v) is 4.11. The molecule has 0 radical (unpaired) electrons. The van der Waals surface area contributed by atoms with Gasteiger partial charge in [0, 0.05) is 12.6 Å². The van der Waals surface area contributed by atoms with Gasteiger partial charge in [0.05, 0.1) is 13.1 Å². The number of aliphatic carboxylic acids is 1. The van der Waals surface area contributed by atoms with Crippen molar-refractivity contribution in [2.75, 3.05) is 19.6 Å². The van der Waals surface area contributed by atoms with Crippen LogP contribution in [0.3, 0.4) is 0 Å². The smallest absolute Gasteiger partial charge is 0.317 e. The Morgan fingerprint density at radius 2 is 2.12 bits per heavy atom. The summed E-state index contributed by atoms with van der Waals surface area (Å²) < 4.78 is 0. The number of hydrogen-bond acceptors (Lipinski definition) is 3. The summed E-state index contributed by atoms with van der Waals surface area (Å²) in [6.45, 7) is 7.86. The van der Waals surface area contributed by atoms with Crippen LogP contribution in [0.1, 0.15) is 26.7 Å². The molecular formula is C12H22N2O3. The zero-order valence-corrected chi connectivity index (χ0v) is 10.6. The van der Waals surface area contributed by atoms with Gasteiger partial charge in [-0.3, -0.25) is 14.5 Å². The van der Waals surface area contributed by atoms with E-state index in [1.165, 1.54) is 4.90 Å². The van der Waals surface area contributed by atoms with Gasteiger partial charge in [0.15, 0.2) is 0 Å². The Bertz CT molecular complexity index is 266. The lowest BCUT2D eigenvalue weighted by Gasteiger charge is -2.19. The molecule has 0 saturated carbocycles. The zero-order chi connectivity index (χ0) is 13.3. The lowest BCUT2D eigenvalue weighted by Crippen LogP contribution is -2.42. The van der Waals surface area contributed by atoms with Crippen molar-refractivity contribution in [2.24, 2.45) is 0 Å². The molecule has 0 saturated heterocycles. The van der Waals surface area contributed by atoms with E-state index in [9.17, 15) is 9.59 Å². The highest BCUT2D eigenvalue weighted by molar-refractivity contribution is 5.79. The van der Waals surface area contributed by atoms with E-state index in [0.29, 0.717) is 6.54 Å². The van der Waals surface area contributed by atoms with Crippen LogP contribution in [0, 0.1) is 0 Å². The highest BCUT2D eigenvalue weighted by atomic mass is 16.4. The van der Waals surface area contributed by atoms with E-state index in [-0.39, 0.29) is 25.0 Å².